The Morgan fingerprint density at radius 3 is 2.08 bits per heavy atom. The van der Waals surface area contributed by atoms with Crippen molar-refractivity contribution in [3.63, 3.8) is 0 Å². The van der Waals surface area contributed by atoms with Crippen molar-refractivity contribution in [1.82, 2.24) is 0 Å². The first kappa shape index (κ1) is 9.99. The number of sulfone groups is 1. The molecule has 1 heterocycles. The van der Waals surface area contributed by atoms with E-state index >= 15 is 0 Å². The maximum Gasteiger partial charge on any atom is 0.184 e. The van der Waals surface area contributed by atoms with Gasteiger partial charge in [0.15, 0.2) is 15.3 Å². The van der Waals surface area contributed by atoms with Gasteiger partial charge >= 0.3 is 0 Å². The lowest BCUT2D eigenvalue weighted by molar-refractivity contribution is 0.0927. The van der Waals surface area contributed by atoms with E-state index in [-0.39, 0.29) is 5.92 Å². The molecule has 1 unspecified atom stereocenters. The van der Waals surface area contributed by atoms with E-state index in [1.165, 1.54) is 0 Å². The third-order valence-corrected chi connectivity index (χ3v) is 5.17. The second-order valence-electron chi connectivity index (χ2n) is 4.23. The summed E-state index contributed by atoms with van der Waals surface area (Å²) in [5, 5.41) is 0. The number of ether oxygens (including phenoxy) is 1. The Kier molecular flexibility index (Phi) is 2.25. The molecule has 0 spiro atoms. The van der Waals surface area contributed by atoms with Crippen LogP contribution in [0.4, 0.5) is 0 Å². The summed E-state index contributed by atoms with van der Waals surface area (Å²) in [6.07, 6.45) is 0. The van der Waals surface area contributed by atoms with E-state index in [0.717, 1.165) is 0 Å². The van der Waals surface area contributed by atoms with Crippen molar-refractivity contribution in [3.05, 3.63) is 0 Å². The summed E-state index contributed by atoms with van der Waals surface area (Å²) in [6.45, 7) is 7.47. The Labute approximate surface area is 74.0 Å². The Morgan fingerprint density at radius 1 is 1.42 bits per heavy atom. The fourth-order valence-electron chi connectivity index (χ4n) is 1.32. The van der Waals surface area contributed by atoms with Crippen LogP contribution in [-0.2, 0) is 14.6 Å². The van der Waals surface area contributed by atoms with Crippen molar-refractivity contribution >= 4 is 9.84 Å². The van der Waals surface area contributed by atoms with Crippen LogP contribution in [0.15, 0.2) is 0 Å². The van der Waals surface area contributed by atoms with E-state index in [0.29, 0.717) is 6.61 Å². The maximum absolute atomic E-state index is 11.7. The predicted molar refractivity (Wildman–Crippen MR) is 47.6 cm³/mol. The molecule has 0 amide bonds. The largest absolute Gasteiger partial charge is 0.360 e. The predicted octanol–water partition coefficient (Wildman–Crippen LogP) is 1.19. The van der Waals surface area contributed by atoms with E-state index in [1.54, 1.807) is 13.8 Å². The molecule has 72 valence electrons. The molecule has 1 atom stereocenters. The van der Waals surface area contributed by atoms with Crippen LogP contribution in [0.3, 0.4) is 0 Å². The van der Waals surface area contributed by atoms with Gasteiger partial charge in [0.25, 0.3) is 0 Å². The van der Waals surface area contributed by atoms with Crippen molar-refractivity contribution in [1.29, 1.82) is 0 Å². The number of hydrogen-bond donors (Lipinski definition) is 0. The van der Waals surface area contributed by atoms with Crippen LogP contribution in [0.2, 0.25) is 0 Å². The highest BCUT2D eigenvalue weighted by Crippen LogP contribution is 2.33. The molecule has 0 aromatic carbocycles. The minimum atomic E-state index is -3.09. The first-order valence-corrected chi connectivity index (χ1v) is 5.69. The van der Waals surface area contributed by atoms with Gasteiger partial charge in [-0.25, -0.2) is 8.42 Å². The summed E-state index contributed by atoms with van der Waals surface area (Å²) in [5.41, 5.74) is -0.604. The highest BCUT2D eigenvalue weighted by Gasteiger charge is 2.49. The molecule has 1 aliphatic heterocycles. The number of hydrogen-bond acceptors (Lipinski definition) is 3. The molecule has 0 aliphatic carbocycles. The van der Waals surface area contributed by atoms with Crippen LogP contribution in [0.1, 0.15) is 27.7 Å². The van der Waals surface area contributed by atoms with Crippen molar-refractivity contribution in [2.24, 2.45) is 5.92 Å². The average Bonchev–Trinajstić information content (AvgIpc) is 2.03. The van der Waals surface area contributed by atoms with Gasteiger partial charge in [0.05, 0.1) is 11.4 Å². The molecule has 0 saturated carbocycles. The fraction of sp³-hybridized carbons (Fsp3) is 1.00. The van der Waals surface area contributed by atoms with Crippen LogP contribution < -0.4 is 0 Å². The molecule has 0 aromatic heterocycles. The number of rotatable bonds is 1. The van der Waals surface area contributed by atoms with Gasteiger partial charge in [-0.05, 0) is 19.8 Å². The SMILES string of the molecule is CC(C)C1OCC(C)(C)S1(=O)=O. The van der Waals surface area contributed by atoms with Gasteiger partial charge in [0.1, 0.15) is 0 Å². The van der Waals surface area contributed by atoms with Crippen LogP contribution in [0.25, 0.3) is 0 Å². The zero-order valence-corrected chi connectivity index (χ0v) is 8.81. The van der Waals surface area contributed by atoms with Gasteiger partial charge in [-0.2, -0.15) is 0 Å². The molecule has 0 radical (unpaired) electrons. The Bertz CT molecular complexity index is 264. The standard InChI is InChI=1S/C8H16O3S/c1-6(2)7-11-5-8(3,4)12(7,9)10/h6-7H,5H2,1-4H3. The first-order chi connectivity index (χ1) is 5.29. The van der Waals surface area contributed by atoms with Crippen LogP contribution in [0.5, 0.6) is 0 Å². The highest BCUT2D eigenvalue weighted by molar-refractivity contribution is 7.93. The molecule has 0 aromatic rings. The second kappa shape index (κ2) is 2.70. The molecular formula is C8H16O3S. The Balaban J connectivity index is 3.03. The van der Waals surface area contributed by atoms with E-state index in [4.69, 9.17) is 4.74 Å². The summed E-state index contributed by atoms with van der Waals surface area (Å²) in [7, 11) is -3.09. The van der Waals surface area contributed by atoms with Gasteiger partial charge in [-0.15, -0.1) is 0 Å². The molecule has 1 fully saturated rings. The summed E-state index contributed by atoms with van der Waals surface area (Å²) in [4.78, 5) is 0. The first-order valence-electron chi connectivity index (χ1n) is 4.14. The lowest BCUT2D eigenvalue weighted by Gasteiger charge is -2.17. The normalized spacial score (nSPS) is 32.6. The lowest BCUT2D eigenvalue weighted by atomic mass is 10.2. The third-order valence-electron chi connectivity index (χ3n) is 2.22. The average molecular weight is 192 g/mol. The topological polar surface area (TPSA) is 43.4 Å². The molecule has 12 heavy (non-hydrogen) atoms. The van der Waals surface area contributed by atoms with E-state index in [2.05, 4.69) is 0 Å². The minimum Gasteiger partial charge on any atom is -0.360 e. The van der Waals surface area contributed by atoms with Gasteiger partial charge in [-0.1, -0.05) is 13.8 Å². The Hall–Kier alpha value is -0.0900. The summed E-state index contributed by atoms with van der Waals surface area (Å²) < 4.78 is 28.0. The van der Waals surface area contributed by atoms with E-state index in [9.17, 15) is 8.42 Å². The molecule has 0 bridgehead atoms. The van der Waals surface area contributed by atoms with Gasteiger partial charge < -0.3 is 4.74 Å². The molecule has 0 N–H and O–H groups in total. The quantitative estimate of drug-likeness (QED) is 0.627. The second-order valence-corrected chi connectivity index (χ2v) is 6.89. The fourth-order valence-corrected chi connectivity index (χ4v) is 3.14. The van der Waals surface area contributed by atoms with Gasteiger partial charge in [0, 0.05) is 0 Å². The van der Waals surface area contributed by atoms with Gasteiger partial charge in [-0.3, -0.25) is 0 Å². The maximum atomic E-state index is 11.7. The minimum absolute atomic E-state index is 0.0387. The molecule has 1 rings (SSSR count). The van der Waals surface area contributed by atoms with Crippen molar-refractivity contribution in [2.45, 2.75) is 37.9 Å². The molecule has 1 aliphatic rings. The van der Waals surface area contributed by atoms with Crippen LogP contribution in [-0.4, -0.2) is 25.2 Å². The highest BCUT2D eigenvalue weighted by atomic mass is 32.2. The van der Waals surface area contributed by atoms with Gasteiger partial charge in [0.2, 0.25) is 0 Å². The molecule has 4 heteroatoms. The van der Waals surface area contributed by atoms with Crippen LogP contribution >= 0.6 is 0 Å². The molecular weight excluding hydrogens is 176 g/mol. The lowest BCUT2D eigenvalue weighted by Crippen LogP contribution is -2.34. The van der Waals surface area contributed by atoms with Crippen molar-refractivity contribution in [3.8, 4) is 0 Å². The summed E-state index contributed by atoms with van der Waals surface area (Å²) in [6, 6.07) is 0. The van der Waals surface area contributed by atoms with Crippen molar-refractivity contribution < 1.29 is 13.2 Å². The Morgan fingerprint density at radius 2 is 1.92 bits per heavy atom. The van der Waals surface area contributed by atoms with Crippen LogP contribution in [0, 0.1) is 5.92 Å². The molecule has 1 saturated heterocycles. The molecule has 3 nitrogen and oxygen atoms in total. The third kappa shape index (κ3) is 1.27. The summed E-state index contributed by atoms with van der Waals surface area (Å²) >= 11 is 0. The summed E-state index contributed by atoms with van der Waals surface area (Å²) in [5.74, 6) is 0.0387. The van der Waals surface area contributed by atoms with E-state index < -0.39 is 20.0 Å². The van der Waals surface area contributed by atoms with E-state index in [1.807, 2.05) is 13.8 Å². The van der Waals surface area contributed by atoms with Crippen molar-refractivity contribution in [2.75, 3.05) is 6.61 Å². The zero-order valence-electron chi connectivity index (χ0n) is 7.99. The smallest absolute Gasteiger partial charge is 0.184 e. The zero-order chi connectivity index (χ0) is 9.57. The monoisotopic (exact) mass is 192 g/mol.